The van der Waals surface area contributed by atoms with E-state index in [2.05, 4.69) is 29.1 Å². The lowest BCUT2D eigenvalue weighted by atomic mass is 10.1. The van der Waals surface area contributed by atoms with Gasteiger partial charge in [0.2, 0.25) is 0 Å². The third-order valence-electron chi connectivity index (χ3n) is 3.61. The number of anilines is 3. The Bertz CT molecular complexity index is 883. The molecule has 1 aromatic heterocycles. The molecule has 0 atom stereocenters. The van der Waals surface area contributed by atoms with Gasteiger partial charge in [0.15, 0.2) is 0 Å². The van der Waals surface area contributed by atoms with E-state index in [-0.39, 0.29) is 5.56 Å². The summed E-state index contributed by atoms with van der Waals surface area (Å²) in [6.07, 6.45) is 1.36. The van der Waals surface area contributed by atoms with Gasteiger partial charge in [-0.25, -0.2) is 4.98 Å². The summed E-state index contributed by atoms with van der Waals surface area (Å²) in [7, 11) is 0. The van der Waals surface area contributed by atoms with Gasteiger partial charge in [-0.15, -0.1) is 0 Å². The number of fused-ring (bicyclic) bond motifs is 1. The van der Waals surface area contributed by atoms with Crippen molar-refractivity contribution in [3.63, 3.8) is 0 Å². The molecule has 0 saturated carbocycles. The molecule has 0 aliphatic rings. The van der Waals surface area contributed by atoms with Crippen LogP contribution in [0.5, 0.6) is 0 Å². The average molecular weight is 280 g/mol. The first kappa shape index (κ1) is 13.2. The van der Waals surface area contributed by atoms with Crippen LogP contribution >= 0.6 is 0 Å². The van der Waals surface area contributed by atoms with Crippen molar-refractivity contribution in [3.8, 4) is 0 Å². The summed E-state index contributed by atoms with van der Waals surface area (Å²) in [5, 5.41) is 3.74. The number of aryl methyl sites for hydroxylation is 2. The van der Waals surface area contributed by atoms with Gasteiger partial charge in [0, 0.05) is 5.69 Å². The summed E-state index contributed by atoms with van der Waals surface area (Å²) in [4.78, 5) is 18.8. The highest BCUT2D eigenvalue weighted by Crippen LogP contribution is 2.27. The molecule has 1 heterocycles. The molecule has 21 heavy (non-hydrogen) atoms. The van der Waals surface area contributed by atoms with Gasteiger partial charge in [-0.05, 0) is 49.2 Å². The molecule has 0 spiro atoms. The van der Waals surface area contributed by atoms with Crippen LogP contribution < -0.4 is 16.6 Å². The zero-order valence-electron chi connectivity index (χ0n) is 11.9. The number of nitrogens with one attached hydrogen (secondary N) is 2. The van der Waals surface area contributed by atoms with E-state index in [0.29, 0.717) is 22.3 Å². The zero-order chi connectivity index (χ0) is 15.0. The minimum atomic E-state index is -0.210. The molecule has 0 unspecified atom stereocenters. The molecule has 0 fully saturated rings. The van der Waals surface area contributed by atoms with Crippen LogP contribution in [-0.4, -0.2) is 9.97 Å². The maximum absolute atomic E-state index is 12.1. The lowest BCUT2D eigenvalue weighted by Gasteiger charge is -2.11. The van der Waals surface area contributed by atoms with Crippen LogP contribution in [0.1, 0.15) is 11.1 Å². The van der Waals surface area contributed by atoms with E-state index in [0.717, 1.165) is 5.69 Å². The number of aromatic nitrogens is 2. The van der Waals surface area contributed by atoms with Gasteiger partial charge in [0.1, 0.15) is 5.52 Å². The molecule has 0 amide bonds. The van der Waals surface area contributed by atoms with E-state index in [9.17, 15) is 4.79 Å². The summed E-state index contributed by atoms with van der Waals surface area (Å²) in [5.41, 5.74) is 10.7. The standard InChI is InChI=1S/C16H16N4O/c1-9-3-4-11(7-10(9)2)20-13-6-5-12(17)15-14(13)16(21)19-8-18-15/h3-8,20H,17H2,1-2H3,(H,18,19,21). The Labute approximate surface area is 121 Å². The van der Waals surface area contributed by atoms with Crippen molar-refractivity contribution in [2.24, 2.45) is 0 Å². The van der Waals surface area contributed by atoms with Gasteiger partial charge < -0.3 is 16.0 Å². The van der Waals surface area contributed by atoms with Crippen LogP contribution in [0.4, 0.5) is 17.1 Å². The van der Waals surface area contributed by atoms with E-state index >= 15 is 0 Å². The molecule has 0 aliphatic carbocycles. The molecule has 5 nitrogen and oxygen atoms in total. The summed E-state index contributed by atoms with van der Waals surface area (Å²) in [6, 6.07) is 9.61. The fourth-order valence-corrected chi connectivity index (χ4v) is 2.28. The van der Waals surface area contributed by atoms with Crippen LogP contribution in [0.25, 0.3) is 10.9 Å². The summed E-state index contributed by atoms with van der Waals surface area (Å²) in [5.74, 6) is 0. The molecule has 106 valence electrons. The van der Waals surface area contributed by atoms with Gasteiger partial charge in [-0.1, -0.05) is 6.07 Å². The fraction of sp³-hybridized carbons (Fsp3) is 0.125. The summed E-state index contributed by atoms with van der Waals surface area (Å²) < 4.78 is 0. The Kier molecular flexibility index (Phi) is 3.10. The Hall–Kier alpha value is -2.82. The van der Waals surface area contributed by atoms with Gasteiger partial charge in [0.25, 0.3) is 5.56 Å². The molecular formula is C16H16N4O. The monoisotopic (exact) mass is 280 g/mol. The minimum Gasteiger partial charge on any atom is -0.397 e. The predicted octanol–water partition coefficient (Wildman–Crippen LogP) is 2.87. The number of H-pyrrole nitrogens is 1. The van der Waals surface area contributed by atoms with E-state index in [4.69, 9.17) is 5.73 Å². The maximum Gasteiger partial charge on any atom is 0.260 e. The Balaban J connectivity index is 2.15. The van der Waals surface area contributed by atoms with Crippen molar-refractivity contribution in [1.29, 1.82) is 0 Å². The predicted molar refractivity (Wildman–Crippen MR) is 86.0 cm³/mol. The highest BCUT2D eigenvalue weighted by molar-refractivity contribution is 5.98. The van der Waals surface area contributed by atoms with Gasteiger partial charge in [-0.2, -0.15) is 0 Å². The molecule has 5 heteroatoms. The van der Waals surface area contributed by atoms with Crippen LogP contribution in [0.3, 0.4) is 0 Å². The van der Waals surface area contributed by atoms with E-state index < -0.39 is 0 Å². The number of aromatic amines is 1. The highest BCUT2D eigenvalue weighted by atomic mass is 16.1. The van der Waals surface area contributed by atoms with Crippen molar-refractivity contribution >= 4 is 28.0 Å². The number of nitrogen functional groups attached to an aromatic ring is 1. The third kappa shape index (κ3) is 2.33. The van der Waals surface area contributed by atoms with E-state index in [1.54, 1.807) is 12.1 Å². The first-order valence-corrected chi connectivity index (χ1v) is 6.66. The number of nitrogens with two attached hydrogens (primary N) is 1. The number of hydrogen-bond acceptors (Lipinski definition) is 4. The van der Waals surface area contributed by atoms with Crippen molar-refractivity contribution < 1.29 is 0 Å². The lowest BCUT2D eigenvalue weighted by molar-refractivity contribution is 1.17. The van der Waals surface area contributed by atoms with E-state index in [1.807, 2.05) is 18.2 Å². The Morgan fingerprint density at radius 1 is 1.14 bits per heavy atom. The van der Waals surface area contributed by atoms with Crippen LogP contribution in [0.15, 0.2) is 41.5 Å². The third-order valence-corrected chi connectivity index (χ3v) is 3.61. The van der Waals surface area contributed by atoms with Crippen molar-refractivity contribution in [3.05, 3.63) is 58.1 Å². The second-order valence-corrected chi connectivity index (χ2v) is 5.08. The summed E-state index contributed by atoms with van der Waals surface area (Å²) in [6.45, 7) is 4.11. The number of hydrogen-bond donors (Lipinski definition) is 3. The van der Waals surface area contributed by atoms with Gasteiger partial charge in [0.05, 0.1) is 23.1 Å². The van der Waals surface area contributed by atoms with Crippen LogP contribution in [-0.2, 0) is 0 Å². The van der Waals surface area contributed by atoms with Gasteiger partial charge >= 0.3 is 0 Å². The highest BCUT2D eigenvalue weighted by Gasteiger charge is 2.09. The van der Waals surface area contributed by atoms with Crippen molar-refractivity contribution in [2.45, 2.75) is 13.8 Å². The zero-order valence-corrected chi connectivity index (χ0v) is 11.9. The quantitative estimate of drug-likeness (QED) is 0.630. The molecular weight excluding hydrogens is 264 g/mol. The van der Waals surface area contributed by atoms with Crippen molar-refractivity contribution in [2.75, 3.05) is 11.1 Å². The largest absolute Gasteiger partial charge is 0.397 e. The first-order chi connectivity index (χ1) is 10.1. The minimum absolute atomic E-state index is 0.210. The number of benzene rings is 2. The fourth-order valence-electron chi connectivity index (χ4n) is 2.28. The van der Waals surface area contributed by atoms with E-state index in [1.165, 1.54) is 17.5 Å². The number of nitrogens with zero attached hydrogens (tertiary/aromatic N) is 1. The molecule has 3 aromatic rings. The smallest absolute Gasteiger partial charge is 0.260 e. The second-order valence-electron chi connectivity index (χ2n) is 5.08. The second kappa shape index (κ2) is 4.94. The molecule has 0 radical (unpaired) electrons. The Morgan fingerprint density at radius 3 is 2.71 bits per heavy atom. The molecule has 0 aliphatic heterocycles. The SMILES string of the molecule is Cc1ccc(Nc2ccc(N)c3nc[nH]c(=O)c23)cc1C. The molecule has 3 rings (SSSR count). The summed E-state index contributed by atoms with van der Waals surface area (Å²) >= 11 is 0. The molecule has 0 saturated heterocycles. The molecule has 4 N–H and O–H groups in total. The normalized spacial score (nSPS) is 10.8. The Morgan fingerprint density at radius 2 is 1.95 bits per heavy atom. The lowest BCUT2D eigenvalue weighted by Crippen LogP contribution is -2.10. The van der Waals surface area contributed by atoms with Crippen LogP contribution in [0.2, 0.25) is 0 Å². The topological polar surface area (TPSA) is 83.8 Å². The van der Waals surface area contributed by atoms with Gasteiger partial charge in [-0.3, -0.25) is 4.79 Å². The number of rotatable bonds is 2. The first-order valence-electron chi connectivity index (χ1n) is 6.66. The maximum atomic E-state index is 12.1. The molecule has 2 aromatic carbocycles. The van der Waals surface area contributed by atoms with Crippen LogP contribution in [0, 0.1) is 13.8 Å². The van der Waals surface area contributed by atoms with Crippen molar-refractivity contribution in [1.82, 2.24) is 9.97 Å². The average Bonchev–Trinajstić information content (AvgIpc) is 2.46. The molecule has 0 bridgehead atoms.